The van der Waals surface area contributed by atoms with E-state index in [0.717, 1.165) is 51.1 Å². The van der Waals surface area contributed by atoms with E-state index in [0.29, 0.717) is 11.5 Å². The normalized spacial score (nSPS) is 23.0. The molecular formula is C25H34N4O2. The summed E-state index contributed by atoms with van der Waals surface area (Å²) in [6.45, 7) is 11.8. The van der Waals surface area contributed by atoms with E-state index in [1.54, 1.807) is 0 Å². The Hall–Kier alpha value is -2.34. The average molecular weight is 423 g/mol. The van der Waals surface area contributed by atoms with Crippen LogP contribution in [0.2, 0.25) is 0 Å². The molecule has 5 rings (SSSR count). The maximum absolute atomic E-state index is 12.4. The maximum atomic E-state index is 12.4. The standard InChI is InChI=1S/C25H34N4O2/c1-18-14-26-29(15-18)20-6-7-21-19(13-20)5-8-22(21)28-16-25(17-28)9-11-27(12-10-25)23(30)31-24(2,3)4/h6-7,13-15,22H,5,8-12,16-17H2,1-4H3. The summed E-state index contributed by atoms with van der Waals surface area (Å²) in [6, 6.07) is 7.38. The molecule has 1 unspecified atom stereocenters. The molecule has 31 heavy (non-hydrogen) atoms. The number of carbonyl (C=O) groups is 1. The predicted molar refractivity (Wildman–Crippen MR) is 120 cm³/mol. The zero-order valence-electron chi connectivity index (χ0n) is 19.2. The van der Waals surface area contributed by atoms with E-state index in [2.05, 4.69) is 41.3 Å². The van der Waals surface area contributed by atoms with Crippen molar-refractivity contribution >= 4 is 6.09 Å². The molecule has 2 aromatic rings. The fraction of sp³-hybridized carbons (Fsp3) is 0.600. The minimum absolute atomic E-state index is 0.161. The number of likely N-dealkylation sites (tertiary alicyclic amines) is 2. The molecule has 1 aromatic carbocycles. The first-order chi connectivity index (χ1) is 14.7. The van der Waals surface area contributed by atoms with Crippen LogP contribution in [-0.4, -0.2) is 57.5 Å². The highest BCUT2D eigenvalue weighted by Crippen LogP contribution is 2.48. The van der Waals surface area contributed by atoms with Crippen molar-refractivity contribution in [2.75, 3.05) is 26.2 Å². The Morgan fingerprint density at radius 3 is 2.58 bits per heavy atom. The zero-order valence-corrected chi connectivity index (χ0v) is 19.2. The smallest absolute Gasteiger partial charge is 0.410 e. The second-order valence-electron chi connectivity index (χ2n) is 10.8. The third kappa shape index (κ3) is 3.98. The molecule has 1 spiro atoms. The molecule has 2 fully saturated rings. The van der Waals surface area contributed by atoms with Gasteiger partial charge in [-0.25, -0.2) is 9.48 Å². The number of hydrogen-bond acceptors (Lipinski definition) is 4. The van der Waals surface area contributed by atoms with Crippen LogP contribution in [0, 0.1) is 12.3 Å². The number of piperidine rings is 1. The predicted octanol–water partition coefficient (Wildman–Crippen LogP) is 4.50. The SMILES string of the molecule is Cc1cnn(-c2ccc3c(c2)CCC3N2CC3(CCN(C(=O)OC(C)(C)C)CC3)C2)c1. The summed E-state index contributed by atoms with van der Waals surface area (Å²) in [4.78, 5) is 16.9. The summed E-state index contributed by atoms with van der Waals surface area (Å²) in [5.74, 6) is 0. The molecule has 3 heterocycles. The molecule has 6 heteroatoms. The number of aromatic nitrogens is 2. The molecule has 0 N–H and O–H groups in total. The first kappa shape index (κ1) is 20.6. The van der Waals surface area contributed by atoms with Gasteiger partial charge < -0.3 is 9.64 Å². The number of benzene rings is 1. The first-order valence-corrected chi connectivity index (χ1v) is 11.6. The second-order valence-corrected chi connectivity index (χ2v) is 10.8. The Kier molecular flexibility index (Phi) is 4.88. The minimum atomic E-state index is -0.425. The van der Waals surface area contributed by atoms with Gasteiger partial charge in [-0.2, -0.15) is 5.10 Å². The van der Waals surface area contributed by atoms with Crippen molar-refractivity contribution in [3.05, 3.63) is 47.3 Å². The van der Waals surface area contributed by atoms with Gasteiger partial charge in [0.15, 0.2) is 0 Å². The van der Waals surface area contributed by atoms with E-state index in [1.165, 1.54) is 23.1 Å². The van der Waals surface area contributed by atoms with Crippen LogP contribution in [0.4, 0.5) is 4.79 Å². The maximum Gasteiger partial charge on any atom is 0.410 e. The lowest BCUT2D eigenvalue weighted by molar-refractivity contribution is -0.0716. The van der Waals surface area contributed by atoms with Crippen LogP contribution in [0.15, 0.2) is 30.6 Å². The van der Waals surface area contributed by atoms with Gasteiger partial charge in [0.2, 0.25) is 0 Å². The third-order valence-electron chi connectivity index (χ3n) is 7.14. The summed E-state index contributed by atoms with van der Waals surface area (Å²) in [5.41, 5.74) is 5.26. The summed E-state index contributed by atoms with van der Waals surface area (Å²) < 4.78 is 7.52. The number of amides is 1. The summed E-state index contributed by atoms with van der Waals surface area (Å²) in [7, 11) is 0. The van der Waals surface area contributed by atoms with Gasteiger partial charge in [0.1, 0.15) is 5.60 Å². The summed E-state index contributed by atoms with van der Waals surface area (Å²) in [6.07, 6.45) is 8.34. The molecular weight excluding hydrogens is 388 g/mol. The number of aryl methyl sites for hydroxylation is 2. The van der Waals surface area contributed by atoms with Gasteiger partial charge in [0.05, 0.1) is 11.9 Å². The van der Waals surface area contributed by atoms with Crippen molar-refractivity contribution in [1.29, 1.82) is 0 Å². The number of fused-ring (bicyclic) bond motifs is 1. The molecule has 2 saturated heterocycles. The molecule has 6 nitrogen and oxygen atoms in total. The van der Waals surface area contributed by atoms with Crippen molar-refractivity contribution in [1.82, 2.24) is 19.6 Å². The lowest BCUT2D eigenvalue weighted by Gasteiger charge is -2.56. The topological polar surface area (TPSA) is 50.6 Å². The van der Waals surface area contributed by atoms with Gasteiger partial charge in [0, 0.05) is 38.4 Å². The molecule has 3 aliphatic rings. The van der Waals surface area contributed by atoms with Gasteiger partial charge in [0.25, 0.3) is 0 Å². The highest BCUT2D eigenvalue weighted by molar-refractivity contribution is 5.68. The molecule has 1 aliphatic carbocycles. The van der Waals surface area contributed by atoms with E-state index in [-0.39, 0.29) is 6.09 Å². The van der Waals surface area contributed by atoms with E-state index in [4.69, 9.17) is 4.74 Å². The highest BCUT2D eigenvalue weighted by Gasteiger charge is 2.48. The fourth-order valence-electron chi connectivity index (χ4n) is 5.50. The van der Waals surface area contributed by atoms with Crippen LogP contribution in [0.5, 0.6) is 0 Å². The molecule has 1 aromatic heterocycles. The largest absolute Gasteiger partial charge is 0.444 e. The lowest BCUT2D eigenvalue weighted by atomic mass is 9.71. The van der Waals surface area contributed by atoms with Crippen LogP contribution in [0.3, 0.4) is 0 Å². The number of hydrogen-bond donors (Lipinski definition) is 0. The second kappa shape index (κ2) is 7.37. The quantitative estimate of drug-likeness (QED) is 0.715. The molecule has 0 radical (unpaired) electrons. The van der Waals surface area contributed by atoms with Crippen LogP contribution in [0.25, 0.3) is 5.69 Å². The molecule has 2 aliphatic heterocycles. The van der Waals surface area contributed by atoms with Crippen molar-refractivity contribution in [2.45, 2.75) is 65.0 Å². The average Bonchev–Trinajstić information content (AvgIpc) is 3.30. The Morgan fingerprint density at radius 2 is 1.94 bits per heavy atom. The summed E-state index contributed by atoms with van der Waals surface area (Å²) in [5, 5.41) is 4.46. The third-order valence-corrected chi connectivity index (χ3v) is 7.14. The monoisotopic (exact) mass is 422 g/mol. The van der Waals surface area contributed by atoms with Crippen LogP contribution >= 0.6 is 0 Å². The zero-order chi connectivity index (χ0) is 21.8. The first-order valence-electron chi connectivity index (χ1n) is 11.6. The Bertz CT molecular complexity index is 974. The number of rotatable bonds is 2. The van der Waals surface area contributed by atoms with Crippen LogP contribution in [-0.2, 0) is 11.2 Å². The van der Waals surface area contributed by atoms with Gasteiger partial charge in [-0.05, 0) is 87.6 Å². The van der Waals surface area contributed by atoms with Crippen molar-refractivity contribution in [3.8, 4) is 5.69 Å². The minimum Gasteiger partial charge on any atom is -0.444 e. The van der Waals surface area contributed by atoms with Gasteiger partial charge >= 0.3 is 6.09 Å². The fourth-order valence-corrected chi connectivity index (χ4v) is 5.50. The molecule has 0 saturated carbocycles. The Morgan fingerprint density at radius 1 is 1.19 bits per heavy atom. The van der Waals surface area contributed by atoms with E-state index in [1.807, 2.05) is 36.5 Å². The Labute approximate surface area is 185 Å². The summed E-state index contributed by atoms with van der Waals surface area (Å²) >= 11 is 0. The van der Waals surface area contributed by atoms with E-state index < -0.39 is 5.60 Å². The van der Waals surface area contributed by atoms with Gasteiger partial charge in [-0.1, -0.05) is 6.07 Å². The lowest BCUT2D eigenvalue weighted by Crippen LogP contribution is -2.61. The Balaban J connectivity index is 1.19. The number of nitrogens with zero attached hydrogens (tertiary/aromatic N) is 4. The van der Waals surface area contributed by atoms with Crippen LogP contribution in [0.1, 0.15) is 62.8 Å². The van der Waals surface area contributed by atoms with E-state index in [9.17, 15) is 4.79 Å². The van der Waals surface area contributed by atoms with Gasteiger partial charge in [-0.3, -0.25) is 4.90 Å². The van der Waals surface area contributed by atoms with E-state index >= 15 is 0 Å². The molecule has 1 amide bonds. The molecule has 0 bridgehead atoms. The van der Waals surface area contributed by atoms with Crippen molar-refractivity contribution in [2.24, 2.45) is 5.41 Å². The molecule has 1 atom stereocenters. The highest BCUT2D eigenvalue weighted by atomic mass is 16.6. The number of carbonyl (C=O) groups excluding carboxylic acids is 1. The number of ether oxygens (including phenoxy) is 1. The molecule has 166 valence electrons. The van der Waals surface area contributed by atoms with Crippen molar-refractivity contribution < 1.29 is 9.53 Å². The van der Waals surface area contributed by atoms with Crippen LogP contribution < -0.4 is 0 Å². The van der Waals surface area contributed by atoms with Gasteiger partial charge in [-0.15, -0.1) is 0 Å². The van der Waals surface area contributed by atoms with Crippen molar-refractivity contribution in [3.63, 3.8) is 0 Å².